The highest BCUT2D eigenvalue weighted by atomic mass is 35.5. The second-order valence-electron chi connectivity index (χ2n) is 7.43. The van der Waals surface area contributed by atoms with Crippen LogP contribution in [0.15, 0.2) is 48.0 Å². The molecule has 2 heterocycles. The average molecular weight is 426 g/mol. The van der Waals surface area contributed by atoms with Gasteiger partial charge in [-0.3, -0.25) is 4.79 Å². The zero-order chi connectivity index (χ0) is 21.3. The number of carbonyl (C=O) groups is 1. The molecule has 0 atom stereocenters. The summed E-state index contributed by atoms with van der Waals surface area (Å²) in [5.74, 6) is -0.0585. The van der Waals surface area contributed by atoms with E-state index >= 15 is 0 Å². The molecular weight excluding hydrogens is 405 g/mol. The summed E-state index contributed by atoms with van der Waals surface area (Å²) in [5, 5.41) is 12.6. The Kier molecular flexibility index (Phi) is 5.63. The summed E-state index contributed by atoms with van der Waals surface area (Å²) in [4.78, 5) is 16.1. The van der Waals surface area contributed by atoms with Crippen LogP contribution in [0.1, 0.15) is 34.8 Å². The van der Waals surface area contributed by atoms with Crippen LogP contribution in [0.25, 0.3) is 5.57 Å². The number of carbonyl (C=O) groups excluding carboxylic acids is 1. The molecule has 8 heteroatoms. The first-order chi connectivity index (χ1) is 14.4. The van der Waals surface area contributed by atoms with E-state index in [-0.39, 0.29) is 22.8 Å². The molecule has 0 fully saturated rings. The lowest BCUT2D eigenvalue weighted by molar-refractivity contribution is 0.0992. The van der Waals surface area contributed by atoms with Gasteiger partial charge in [0.2, 0.25) is 0 Å². The highest BCUT2D eigenvalue weighted by Gasteiger charge is 2.21. The number of aromatic nitrogens is 4. The molecule has 1 aliphatic heterocycles. The van der Waals surface area contributed by atoms with E-state index in [1.54, 1.807) is 7.05 Å². The molecule has 0 radical (unpaired) electrons. The fourth-order valence-corrected chi connectivity index (χ4v) is 3.81. The Labute approximate surface area is 179 Å². The fraction of sp³-hybridized carbons (Fsp3) is 0.273. The molecule has 3 aromatic rings. The fourth-order valence-electron chi connectivity index (χ4n) is 3.58. The average Bonchev–Trinajstić information content (AvgIpc) is 3.17. The second-order valence-corrected chi connectivity index (χ2v) is 7.84. The van der Waals surface area contributed by atoms with Crippen LogP contribution >= 0.6 is 11.6 Å². The third-order valence-electron chi connectivity index (χ3n) is 5.30. The molecule has 30 heavy (non-hydrogen) atoms. The first-order valence-corrected chi connectivity index (χ1v) is 10.0. The van der Waals surface area contributed by atoms with Gasteiger partial charge in [-0.05, 0) is 53.5 Å². The predicted octanol–water partition coefficient (Wildman–Crippen LogP) is 4.11. The zero-order valence-electron chi connectivity index (χ0n) is 16.8. The molecule has 1 aliphatic rings. The Morgan fingerprint density at radius 1 is 1.20 bits per heavy atom. The second kappa shape index (κ2) is 8.36. The van der Waals surface area contributed by atoms with Crippen LogP contribution in [-0.4, -0.2) is 39.1 Å². The number of Topliss-reactive ketones (excluding diaryl/α,β-unsaturated/α-hetero) is 1. The van der Waals surface area contributed by atoms with Gasteiger partial charge in [0.05, 0.1) is 12.1 Å². The summed E-state index contributed by atoms with van der Waals surface area (Å²) < 4.78 is 13.5. The number of aryl methyl sites for hydroxylation is 1. The number of halogens is 2. The van der Waals surface area contributed by atoms with Crippen LogP contribution in [-0.2, 0) is 13.5 Å². The Balaban J connectivity index is 1.50. The quantitative estimate of drug-likeness (QED) is 0.575. The summed E-state index contributed by atoms with van der Waals surface area (Å²) in [5.41, 5.74) is 4.70. The molecule has 1 aromatic heterocycles. The van der Waals surface area contributed by atoms with Gasteiger partial charge in [-0.1, -0.05) is 46.5 Å². The van der Waals surface area contributed by atoms with Crippen molar-refractivity contribution in [1.29, 1.82) is 0 Å². The summed E-state index contributed by atoms with van der Waals surface area (Å²) in [7, 11) is 1.75. The molecule has 6 nitrogen and oxygen atoms in total. The number of nitrogens with zero attached hydrogens (tertiary/aromatic N) is 5. The Bertz CT molecular complexity index is 1120. The van der Waals surface area contributed by atoms with E-state index in [0.717, 1.165) is 24.1 Å². The Morgan fingerprint density at radius 3 is 2.67 bits per heavy atom. The van der Waals surface area contributed by atoms with Gasteiger partial charge in [0.1, 0.15) is 5.82 Å². The molecule has 0 saturated carbocycles. The first-order valence-electron chi connectivity index (χ1n) is 9.66. The summed E-state index contributed by atoms with van der Waals surface area (Å²) in [6.07, 6.45) is 1.09. The molecule has 0 amide bonds. The topological polar surface area (TPSA) is 63.9 Å². The Morgan fingerprint density at radius 2 is 1.97 bits per heavy atom. The van der Waals surface area contributed by atoms with Crippen molar-refractivity contribution in [2.24, 2.45) is 7.05 Å². The van der Waals surface area contributed by atoms with Crippen molar-refractivity contribution in [2.75, 3.05) is 18.0 Å². The third kappa shape index (κ3) is 4.26. The van der Waals surface area contributed by atoms with Gasteiger partial charge in [-0.25, -0.2) is 4.39 Å². The van der Waals surface area contributed by atoms with Crippen LogP contribution < -0.4 is 4.90 Å². The molecule has 0 saturated heterocycles. The minimum atomic E-state index is -0.472. The number of ketones is 1. The lowest BCUT2D eigenvalue weighted by Crippen LogP contribution is -2.31. The molecule has 154 valence electrons. The van der Waals surface area contributed by atoms with Crippen LogP contribution in [0, 0.1) is 5.82 Å². The van der Waals surface area contributed by atoms with E-state index < -0.39 is 5.82 Å². The minimum absolute atomic E-state index is 0.164. The van der Waals surface area contributed by atoms with E-state index in [4.69, 9.17) is 11.6 Å². The van der Waals surface area contributed by atoms with E-state index in [0.29, 0.717) is 12.5 Å². The van der Waals surface area contributed by atoms with Gasteiger partial charge in [-0.2, -0.15) is 4.80 Å². The molecule has 0 spiro atoms. The molecule has 2 aromatic carbocycles. The number of benzene rings is 2. The maximum absolute atomic E-state index is 13.5. The van der Waals surface area contributed by atoms with Crippen LogP contribution in [0.4, 0.5) is 10.3 Å². The largest absolute Gasteiger partial charge is 0.334 e. The van der Waals surface area contributed by atoms with Crippen LogP contribution in [0.5, 0.6) is 0 Å². The van der Waals surface area contributed by atoms with Crippen molar-refractivity contribution in [1.82, 2.24) is 20.2 Å². The number of hydrogen-bond acceptors (Lipinski definition) is 5. The van der Waals surface area contributed by atoms with Crippen molar-refractivity contribution in [3.8, 4) is 0 Å². The van der Waals surface area contributed by atoms with Crippen molar-refractivity contribution < 1.29 is 9.18 Å². The van der Waals surface area contributed by atoms with Crippen molar-refractivity contribution in [3.05, 3.63) is 75.6 Å². The zero-order valence-corrected chi connectivity index (χ0v) is 17.5. The summed E-state index contributed by atoms with van der Waals surface area (Å²) in [6, 6.07) is 11.7. The maximum Gasteiger partial charge on any atom is 0.266 e. The minimum Gasteiger partial charge on any atom is -0.334 e. The lowest BCUT2D eigenvalue weighted by Gasteiger charge is -2.29. The highest BCUT2D eigenvalue weighted by molar-refractivity contribution is 6.34. The van der Waals surface area contributed by atoms with E-state index in [2.05, 4.69) is 27.2 Å². The smallest absolute Gasteiger partial charge is 0.266 e. The summed E-state index contributed by atoms with van der Waals surface area (Å²) >= 11 is 6.05. The van der Waals surface area contributed by atoms with Gasteiger partial charge in [0.15, 0.2) is 5.78 Å². The third-order valence-corrected chi connectivity index (χ3v) is 5.63. The monoisotopic (exact) mass is 425 g/mol. The van der Waals surface area contributed by atoms with Crippen molar-refractivity contribution >= 4 is 28.9 Å². The number of rotatable bonds is 5. The predicted molar refractivity (Wildman–Crippen MR) is 114 cm³/mol. The summed E-state index contributed by atoms with van der Waals surface area (Å²) in [6.45, 7) is 3.69. The molecule has 0 unspecified atom stereocenters. The van der Waals surface area contributed by atoms with Gasteiger partial charge in [0, 0.05) is 25.1 Å². The lowest BCUT2D eigenvalue weighted by atomic mass is 9.93. The number of anilines is 1. The Hall–Kier alpha value is -3.06. The van der Waals surface area contributed by atoms with Crippen molar-refractivity contribution in [3.63, 3.8) is 0 Å². The number of hydrogen-bond donors (Lipinski definition) is 0. The van der Waals surface area contributed by atoms with Crippen LogP contribution in [0.2, 0.25) is 5.02 Å². The highest BCUT2D eigenvalue weighted by Crippen LogP contribution is 2.28. The molecule has 0 aliphatic carbocycles. The molecule has 0 N–H and O–H groups in total. The molecule has 4 rings (SSSR count). The normalized spacial score (nSPS) is 14.3. The first kappa shape index (κ1) is 20.2. The van der Waals surface area contributed by atoms with Crippen molar-refractivity contribution in [2.45, 2.75) is 19.8 Å². The van der Waals surface area contributed by atoms with Gasteiger partial charge in [0.25, 0.3) is 5.95 Å². The van der Waals surface area contributed by atoms with E-state index in [1.807, 2.05) is 24.3 Å². The van der Waals surface area contributed by atoms with E-state index in [9.17, 15) is 9.18 Å². The SMILES string of the molecule is CC1=C(c2ccc(CC(=O)c3cc(F)ccc3Cl)cc2)CN(c2nnn(C)n2)CC1. The van der Waals surface area contributed by atoms with Gasteiger partial charge in [-0.15, -0.1) is 5.10 Å². The van der Waals surface area contributed by atoms with Crippen LogP contribution in [0.3, 0.4) is 0 Å². The van der Waals surface area contributed by atoms with Gasteiger partial charge < -0.3 is 4.90 Å². The maximum atomic E-state index is 13.5. The molecule has 0 bridgehead atoms. The standard InChI is InChI=1S/C22H21ClFN5O/c1-14-9-10-29(22-25-27-28(2)26-22)13-19(14)16-5-3-15(4-6-16)11-21(30)18-12-17(24)7-8-20(18)23/h3-8,12H,9-11,13H2,1-2H3. The number of tetrazole rings is 1. The molecular formula is C22H21ClFN5O. The van der Waals surface area contributed by atoms with E-state index in [1.165, 1.54) is 34.1 Å². The van der Waals surface area contributed by atoms with Gasteiger partial charge >= 0.3 is 0 Å².